The van der Waals surface area contributed by atoms with E-state index in [0.29, 0.717) is 0 Å². The molecule has 1 spiro atoms. The van der Waals surface area contributed by atoms with Crippen LogP contribution in [-0.4, -0.2) is 4.57 Å². The van der Waals surface area contributed by atoms with Gasteiger partial charge in [-0.25, -0.2) is 0 Å². The monoisotopic (exact) mass is 1020 g/mol. The third-order valence-corrected chi connectivity index (χ3v) is 17.5. The van der Waals surface area contributed by atoms with Crippen LogP contribution in [0.15, 0.2) is 291 Å². The average molecular weight is 1020 g/mol. The van der Waals surface area contributed by atoms with Crippen LogP contribution in [0.3, 0.4) is 0 Å². The van der Waals surface area contributed by atoms with Crippen molar-refractivity contribution in [1.29, 1.82) is 0 Å². The van der Waals surface area contributed by atoms with Gasteiger partial charge in [0.25, 0.3) is 0 Å². The van der Waals surface area contributed by atoms with E-state index in [1.165, 1.54) is 77.6 Å². The van der Waals surface area contributed by atoms with Crippen molar-refractivity contribution in [3.05, 3.63) is 325 Å². The molecule has 3 aliphatic rings. The van der Waals surface area contributed by atoms with Crippen molar-refractivity contribution in [3.8, 4) is 27.9 Å². The molecule has 4 nitrogen and oxygen atoms in total. The van der Waals surface area contributed by atoms with E-state index in [9.17, 15) is 0 Å². The van der Waals surface area contributed by atoms with Crippen LogP contribution in [0.2, 0.25) is 0 Å². The molecule has 0 N–H and O–H groups in total. The summed E-state index contributed by atoms with van der Waals surface area (Å²) in [4.78, 5) is 7.56. The maximum Gasteiger partial charge on any atom is 0.0755 e. The molecule has 2 aliphatic carbocycles. The fourth-order valence-corrected chi connectivity index (χ4v) is 14.3. The Morgan fingerprint density at radius 1 is 0.300 bits per heavy atom. The van der Waals surface area contributed by atoms with Gasteiger partial charge in [0, 0.05) is 56.0 Å². The van der Waals surface area contributed by atoms with E-state index in [2.05, 4.69) is 324 Å². The summed E-state index contributed by atoms with van der Waals surface area (Å²) in [6.45, 7) is 4.92. The maximum atomic E-state index is 2.65. The first-order chi connectivity index (χ1) is 39.5. The molecule has 0 saturated heterocycles. The zero-order valence-electron chi connectivity index (χ0n) is 44.5. The molecule has 1 aromatic heterocycles. The highest BCUT2D eigenvalue weighted by molar-refractivity contribution is 6.11. The minimum absolute atomic E-state index is 0.460. The lowest BCUT2D eigenvalue weighted by molar-refractivity contribution is 0.653. The van der Waals surface area contributed by atoms with Crippen LogP contribution in [-0.2, 0) is 10.8 Å². The number of para-hydroxylation sites is 7. The fourth-order valence-electron chi connectivity index (χ4n) is 14.3. The summed E-state index contributed by atoms with van der Waals surface area (Å²) in [5.74, 6) is 0. The van der Waals surface area contributed by atoms with Crippen LogP contribution in [0.5, 0.6) is 0 Å². The molecule has 0 fully saturated rings. The third kappa shape index (κ3) is 6.51. The van der Waals surface area contributed by atoms with Gasteiger partial charge in [-0.3, -0.25) is 0 Å². The van der Waals surface area contributed by atoms with Gasteiger partial charge in [-0.1, -0.05) is 208 Å². The lowest BCUT2D eigenvalue weighted by atomic mass is 9.63. The highest BCUT2D eigenvalue weighted by Gasteiger charge is 2.55. The van der Waals surface area contributed by atoms with Crippen molar-refractivity contribution in [3.63, 3.8) is 0 Å². The summed E-state index contributed by atoms with van der Waals surface area (Å²) in [5.41, 5.74) is 25.1. The first-order valence-corrected chi connectivity index (χ1v) is 27.8. The van der Waals surface area contributed by atoms with E-state index in [1.807, 2.05) is 0 Å². The minimum Gasteiger partial charge on any atom is -0.310 e. The highest BCUT2D eigenvalue weighted by atomic mass is 15.2. The highest BCUT2D eigenvalue weighted by Crippen LogP contribution is 2.68. The quantitative estimate of drug-likeness (QED) is 0.151. The summed E-state index contributed by atoms with van der Waals surface area (Å²) >= 11 is 0. The molecule has 12 aromatic carbocycles. The van der Waals surface area contributed by atoms with E-state index >= 15 is 0 Å². The normalized spacial score (nSPS) is 13.8. The minimum atomic E-state index is -0.701. The first kappa shape index (κ1) is 46.0. The van der Waals surface area contributed by atoms with Crippen LogP contribution in [0.1, 0.15) is 47.2 Å². The van der Waals surface area contributed by atoms with Crippen molar-refractivity contribution in [2.75, 3.05) is 14.7 Å². The predicted molar refractivity (Wildman–Crippen MR) is 333 cm³/mol. The standard InChI is InChI=1S/C76H54N4/c1-75(2)68-49-56(77(51-25-8-3-9-26-51)52-27-10-4-11-28-52)43-45-60(68)63-47-48-67-74(72(63)75)80(55-33-16-7-17-34-55)73-66(76(67)64-38-21-18-35-58(64)59-36-19-22-39-65(59)76)40-24-42-70(73)78(53-29-12-5-13-30-53)57-44-46-62-61-37-20-23-41-69(61)79(71(62)50-57)54-31-14-6-15-32-54/h3-50H,1-2H3. The molecule has 0 unspecified atom stereocenters. The fraction of sp³-hybridized carbons (Fsp3) is 0.0526. The molecule has 1 aliphatic heterocycles. The molecule has 80 heavy (non-hydrogen) atoms. The van der Waals surface area contributed by atoms with Gasteiger partial charge in [0.1, 0.15) is 0 Å². The second kappa shape index (κ2) is 17.7. The molecule has 0 saturated carbocycles. The third-order valence-electron chi connectivity index (χ3n) is 17.5. The number of nitrogens with zero attached hydrogens (tertiary/aromatic N) is 4. The molecule has 0 atom stereocenters. The molecule has 2 heterocycles. The van der Waals surface area contributed by atoms with E-state index in [-0.39, 0.29) is 0 Å². The Kier molecular flexibility index (Phi) is 10.2. The van der Waals surface area contributed by atoms with Gasteiger partial charge in [0.05, 0.1) is 33.5 Å². The second-order valence-corrected chi connectivity index (χ2v) is 22.0. The number of hydrogen-bond acceptors (Lipinski definition) is 3. The van der Waals surface area contributed by atoms with Gasteiger partial charge in [0.2, 0.25) is 0 Å². The Hall–Kier alpha value is -10.2. The Morgan fingerprint density at radius 3 is 1.43 bits per heavy atom. The van der Waals surface area contributed by atoms with Crippen LogP contribution < -0.4 is 14.7 Å². The maximum absolute atomic E-state index is 2.65. The first-order valence-electron chi connectivity index (χ1n) is 27.8. The smallest absolute Gasteiger partial charge is 0.0755 e. The Labute approximate surface area is 467 Å². The average Bonchev–Trinajstić information content (AvgIpc) is 4.28. The number of rotatable bonds is 8. The molecule has 16 rings (SSSR count). The molecular weight excluding hydrogens is 969 g/mol. The van der Waals surface area contributed by atoms with Gasteiger partial charge >= 0.3 is 0 Å². The lowest BCUT2D eigenvalue weighted by Crippen LogP contribution is -2.38. The SMILES string of the molecule is CC1(C)c2cc(N(c3ccccc3)c3ccccc3)ccc2-c2ccc3c(c21)N(c1ccccc1)c1c(N(c2ccccc2)c2ccc4c5ccccc5n(-c5ccccc5)c4c2)cccc1C31c2ccccc2-c2ccccc21. The molecule has 4 heteroatoms. The largest absolute Gasteiger partial charge is 0.310 e. The number of hydrogen-bond donors (Lipinski definition) is 0. The molecule has 0 bridgehead atoms. The van der Waals surface area contributed by atoms with Crippen LogP contribution in [0.4, 0.5) is 51.2 Å². The van der Waals surface area contributed by atoms with E-state index in [1.54, 1.807) is 0 Å². The van der Waals surface area contributed by atoms with Gasteiger partial charge in [-0.05, 0) is 153 Å². The number of benzene rings is 12. The van der Waals surface area contributed by atoms with Gasteiger partial charge in [-0.15, -0.1) is 0 Å². The van der Waals surface area contributed by atoms with Crippen molar-refractivity contribution in [2.45, 2.75) is 24.7 Å². The van der Waals surface area contributed by atoms with Gasteiger partial charge in [-0.2, -0.15) is 0 Å². The number of fused-ring (bicyclic) bond motifs is 16. The van der Waals surface area contributed by atoms with Gasteiger partial charge in [0.15, 0.2) is 0 Å². The summed E-state index contributed by atoms with van der Waals surface area (Å²) in [6.07, 6.45) is 0. The number of anilines is 9. The van der Waals surface area contributed by atoms with E-state index in [4.69, 9.17) is 0 Å². The van der Waals surface area contributed by atoms with Crippen molar-refractivity contribution in [2.24, 2.45) is 0 Å². The van der Waals surface area contributed by atoms with E-state index < -0.39 is 10.8 Å². The molecule has 0 radical (unpaired) electrons. The predicted octanol–water partition coefficient (Wildman–Crippen LogP) is 20.2. The topological polar surface area (TPSA) is 14.7 Å². The van der Waals surface area contributed by atoms with Crippen molar-refractivity contribution < 1.29 is 0 Å². The zero-order chi connectivity index (χ0) is 53.1. The Morgan fingerprint density at radius 2 is 0.775 bits per heavy atom. The van der Waals surface area contributed by atoms with Crippen molar-refractivity contribution >= 4 is 73.0 Å². The summed E-state index contributed by atoms with van der Waals surface area (Å²) in [6, 6.07) is 108. The summed E-state index contributed by atoms with van der Waals surface area (Å²) in [7, 11) is 0. The molecular formula is C76H54N4. The Bertz CT molecular complexity index is 4480. The molecule has 0 amide bonds. The Balaban J connectivity index is 1.01. The van der Waals surface area contributed by atoms with Gasteiger partial charge < -0.3 is 19.3 Å². The molecule has 378 valence electrons. The second-order valence-electron chi connectivity index (χ2n) is 22.0. The van der Waals surface area contributed by atoms with Crippen molar-refractivity contribution in [1.82, 2.24) is 4.57 Å². The van der Waals surface area contributed by atoms with Crippen LogP contribution in [0.25, 0.3) is 49.7 Å². The zero-order valence-corrected chi connectivity index (χ0v) is 44.5. The summed E-state index contributed by atoms with van der Waals surface area (Å²) in [5, 5.41) is 2.44. The van der Waals surface area contributed by atoms with E-state index in [0.717, 1.165) is 56.7 Å². The molecule has 13 aromatic rings. The number of aromatic nitrogens is 1. The lowest BCUT2D eigenvalue weighted by Gasteiger charge is -2.48. The van der Waals surface area contributed by atoms with Crippen LogP contribution in [0, 0.1) is 0 Å². The summed E-state index contributed by atoms with van der Waals surface area (Å²) < 4.78 is 2.43. The van der Waals surface area contributed by atoms with Crippen LogP contribution >= 0.6 is 0 Å².